The second kappa shape index (κ2) is 6.30. The quantitative estimate of drug-likeness (QED) is 0.698. The lowest BCUT2D eigenvalue weighted by molar-refractivity contribution is -0.130. The SMILES string of the molecule is Cc1ccccc1/C=N\NC(=O)[C@@H]1COc2ccccc2O1. The Labute approximate surface area is 128 Å². The van der Waals surface area contributed by atoms with Crippen LogP contribution in [0, 0.1) is 6.92 Å². The van der Waals surface area contributed by atoms with Crippen LogP contribution < -0.4 is 14.9 Å². The van der Waals surface area contributed by atoms with Crippen LogP contribution in [0.2, 0.25) is 0 Å². The van der Waals surface area contributed by atoms with E-state index in [9.17, 15) is 4.79 Å². The first kappa shape index (κ1) is 14.1. The molecular formula is C17H16N2O3. The molecule has 1 N–H and O–H groups in total. The summed E-state index contributed by atoms with van der Waals surface area (Å²) in [5.74, 6) is 0.881. The second-order valence-corrected chi connectivity index (χ2v) is 4.96. The number of hydrogen-bond donors (Lipinski definition) is 1. The van der Waals surface area contributed by atoms with Gasteiger partial charge in [-0.25, -0.2) is 5.43 Å². The maximum atomic E-state index is 12.1. The molecule has 0 saturated heterocycles. The number of hydrazone groups is 1. The van der Waals surface area contributed by atoms with E-state index in [0.29, 0.717) is 11.5 Å². The lowest BCUT2D eigenvalue weighted by Crippen LogP contribution is -2.42. The zero-order valence-electron chi connectivity index (χ0n) is 12.2. The van der Waals surface area contributed by atoms with Crippen molar-refractivity contribution in [2.24, 2.45) is 5.10 Å². The minimum atomic E-state index is -0.705. The molecule has 1 atom stereocenters. The summed E-state index contributed by atoms with van der Waals surface area (Å²) in [5, 5.41) is 3.97. The molecule has 0 radical (unpaired) electrons. The third-order valence-electron chi connectivity index (χ3n) is 3.37. The molecule has 0 saturated carbocycles. The van der Waals surface area contributed by atoms with Crippen LogP contribution in [0.3, 0.4) is 0 Å². The zero-order chi connectivity index (χ0) is 15.4. The molecule has 0 aliphatic carbocycles. The van der Waals surface area contributed by atoms with E-state index < -0.39 is 6.10 Å². The van der Waals surface area contributed by atoms with E-state index in [0.717, 1.165) is 11.1 Å². The molecule has 22 heavy (non-hydrogen) atoms. The summed E-state index contributed by atoms with van der Waals surface area (Å²) < 4.78 is 11.1. The highest BCUT2D eigenvalue weighted by atomic mass is 16.6. The predicted molar refractivity (Wildman–Crippen MR) is 83.3 cm³/mol. The normalized spacial score (nSPS) is 16.5. The van der Waals surface area contributed by atoms with Crippen LogP contribution in [-0.4, -0.2) is 24.8 Å². The average Bonchev–Trinajstić information content (AvgIpc) is 2.56. The zero-order valence-corrected chi connectivity index (χ0v) is 12.2. The first-order valence-corrected chi connectivity index (χ1v) is 7.01. The fourth-order valence-electron chi connectivity index (χ4n) is 2.12. The van der Waals surface area contributed by atoms with Crippen LogP contribution >= 0.6 is 0 Å². The first-order valence-electron chi connectivity index (χ1n) is 7.01. The number of ether oxygens (including phenoxy) is 2. The van der Waals surface area contributed by atoms with Crippen molar-refractivity contribution in [3.63, 3.8) is 0 Å². The Morgan fingerprint density at radius 1 is 1.18 bits per heavy atom. The lowest BCUT2D eigenvalue weighted by Gasteiger charge is -2.24. The topological polar surface area (TPSA) is 59.9 Å². The van der Waals surface area contributed by atoms with Gasteiger partial charge in [0.2, 0.25) is 6.10 Å². The molecule has 0 spiro atoms. The third kappa shape index (κ3) is 3.09. The molecule has 1 heterocycles. The lowest BCUT2D eigenvalue weighted by atomic mass is 10.1. The van der Waals surface area contributed by atoms with Gasteiger partial charge in [-0.2, -0.15) is 5.10 Å². The average molecular weight is 296 g/mol. The van der Waals surface area contributed by atoms with Gasteiger partial charge in [-0.1, -0.05) is 36.4 Å². The molecule has 0 fully saturated rings. The standard InChI is InChI=1S/C17H16N2O3/c1-12-6-2-3-7-13(12)10-18-19-17(20)16-11-21-14-8-4-5-9-15(14)22-16/h2-10,16H,11H2,1H3,(H,19,20)/b18-10-/t16-/m0/s1. The van der Waals surface area contributed by atoms with Crippen LogP contribution in [0.15, 0.2) is 53.6 Å². The number of fused-ring (bicyclic) bond motifs is 1. The van der Waals surface area contributed by atoms with Crippen molar-refractivity contribution in [1.29, 1.82) is 0 Å². The van der Waals surface area contributed by atoms with Gasteiger partial charge in [0.1, 0.15) is 6.61 Å². The van der Waals surface area contributed by atoms with Crippen molar-refractivity contribution >= 4 is 12.1 Å². The number of aryl methyl sites for hydroxylation is 1. The number of rotatable bonds is 3. The van der Waals surface area contributed by atoms with Crippen molar-refractivity contribution < 1.29 is 14.3 Å². The Kier molecular flexibility index (Phi) is 4.05. The monoisotopic (exact) mass is 296 g/mol. The van der Waals surface area contributed by atoms with Gasteiger partial charge in [0.15, 0.2) is 11.5 Å². The Balaban J connectivity index is 1.60. The maximum absolute atomic E-state index is 12.1. The third-order valence-corrected chi connectivity index (χ3v) is 3.37. The van der Waals surface area contributed by atoms with Crippen LogP contribution in [0.4, 0.5) is 0 Å². The van der Waals surface area contributed by atoms with Gasteiger partial charge >= 0.3 is 0 Å². The van der Waals surface area contributed by atoms with Gasteiger partial charge in [0.05, 0.1) is 6.21 Å². The van der Waals surface area contributed by atoms with E-state index in [1.165, 1.54) is 0 Å². The molecule has 2 aromatic carbocycles. The Bertz CT molecular complexity index is 713. The van der Waals surface area contributed by atoms with Gasteiger partial charge in [0, 0.05) is 0 Å². The summed E-state index contributed by atoms with van der Waals surface area (Å²) in [5.41, 5.74) is 4.53. The fraction of sp³-hybridized carbons (Fsp3) is 0.176. The van der Waals surface area contributed by atoms with E-state index in [1.807, 2.05) is 43.3 Å². The highest BCUT2D eigenvalue weighted by molar-refractivity contribution is 5.85. The van der Waals surface area contributed by atoms with Gasteiger partial charge in [-0.05, 0) is 30.2 Å². The molecule has 0 aromatic heterocycles. The van der Waals surface area contributed by atoms with Crippen LogP contribution in [0.1, 0.15) is 11.1 Å². The number of benzene rings is 2. The van der Waals surface area contributed by atoms with E-state index in [2.05, 4.69) is 10.5 Å². The van der Waals surface area contributed by atoms with Crippen molar-refractivity contribution in [3.8, 4) is 11.5 Å². The van der Waals surface area contributed by atoms with Gasteiger partial charge in [-0.15, -0.1) is 0 Å². The smallest absolute Gasteiger partial charge is 0.284 e. The molecule has 1 aliphatic rings. The Morgan fingerprint density at radius 3 is 2.73 bits per heavy atom. The minimum Gasteiger partial charge on any atom is -0.485 e. The molecule has 0 bridgehead atoms. The minimum absolute atomic E-state index is 0.169. The number of amides is 1. The van der Waals surface area contributed by atoms with Gasteiger partial charge in [-0.3, -0.25) is 4.79 Å². The summed E-state index contributed by atoms with van der Waals surface area (Å²) in [6.45, 7) is 2.15. The predicted octanol–water partition coefficient (Wildman–Crippen LogP) is 2.29. The molecule has 3 rings (SSSR count). The Hall–Kier alpha value is -2.82. The summed E-state index contributed by atoms with van der Waals surface area (Å²) in [7, 11) is 0. The van der Waals surface area contributed by atoms with Crippen LogP contribution in [0.25, 0.3) is 0 Å². The van der Waals surface area contributed by atoms with Gasteiger partial charge < -0.3 is 9.47 Å². The molecule has 1 aliphatic heterocycles. The van der Waals surface area contributed by atoms with E-state index in [4.69, 9.17) is 9.47 Å². The van der Waals surface area contributed by atoms with Crippen molar-refractivity contribution in [2.45, 2.75) is 13.0 Å². The first-order chi connectivity index (χ1) is 10.7. The highest BCUT2D eigenvalue weighted by Crippen LogP contribution is 2.30. The summed E-state index contributed by atoms with van der Waals surface area (Å²) >= 11 is 0. The highest BCUT2D eigenvalue weighted by Gasteiger charge is 2.26. The molecule has 5 heteroatoms. The molecule has 112 valence electrons. The molecule has 2 aromatic rings. The van der Waals surface area contributed by atoms with Crippen molar-refractivity contribution in [2.75, 3.05) is 6.61 Å². The number of nitrogens with one attached hydrogen (secondary N) is 1. The van der Waals surface area contributed by atoms with Crippen LogP contribution in [-0.2, 0) is 4.79 Å². The number of nitrogens with zero attached hydrogens (tertiary/aromatic N) is 1. The molecular weight excluding hydrogens is 280 g/mol. The number of para-hydroxylation sites is 2. The molecule has 0 unspecified atom stereocenters. The van der Waals surface area contributed by atoms with E-state index in [-0.39, 0.29) is 12.5 Å². The van der Waals surface area contributed by atoms with Crippen molar-refractivity contribution in [1.82, 2.24) is 5.43 Å². The number of hydrogen-bond acceptors (Lipinski definition) is 4. The van der Waals surface area contributed by atoms with E-state index >= 15 is 0 Å². The fourth-order valence-corrected chi connectivity index (χ4v) is 2.12. The number of carbonyl (C=O) groups is 1. The van der Waals surface area contributed by atoms with E-state index in [1.54, 1.807) is 18.3 Å². The summed E-state index contributed by atoms with van der Waals surface area (Å²) in [6, 6.07) is 15.1. The van der Waals surface area contributed by atoms with Crippen molar-refractivity contribution in [3.05, 3.63) is 59.7 Å². The second-order valence-electron chi connectivity index (χ2n) is 4.96. The largest absolute Gasteiger partial charge is 0.485 e. The van der Waals surface area contributed by atoms with Crippen LogP contribution in [0.5, 0.6) is 11.5 Å². The maximum Gasteiger partial charge on any atom is 0.284 e. The number of carbonyl (C=O) groups excluding carboxylic acids is 1. The Morgan fingerprint density at radius 2 is 1.91 bits per heavy atom. The summed E-state index contributed by atoms with van der Waals surface area (Å²) in [4.78, 5) is 12.1. The molecule has 1 amide bonds. The summed E-state index contributed by atoms with van der Waals surface area (Å²) in [6.07, 6.45) is 0.911. The van der Waals surface area contributed by atoms with Gasteiger partial charge in [0.25, 0.3) is 5.91 Å². The molecule has 5 nitrogen and oxygen atoms in total.